The number of aromatic nitrogens is 3. The van der Waals surface area contributed by atoms with Crippen LogP contribution in [0.2, 0.25) is 0 Å². The van der Waals surface area contributed by atoms with Gasteiger partial charge >= 0.3 is 5.97 Å². The van der Waals surface area contributed by atoms with Gasteiger partial charge in [-0.15, -0.1) is 0 Å². The largest absolute Gasteiger partial charge is 0.459 e. The van der Waals surface area contributed by atoms with Crippen LogP contribution in [0.15, 0.2) is 39.8 Å². The molecule has 0 unspecified atom stereocenters. The minimum atomic E-state index is -0.452. The van der Waals surface area contributed by atoms with Crippen molar-refractivity contribution >= 4 is 16.9 Å². The third kappa shape index (κ3) is 2.98. The third-order valence-corrected chi connectivity index (χ3v) is 3.60. The number of para-hydroxylation sites is 1. The fourth-order valence-electron chi connectivity index (χ4n) is 2.32. The Morgan fingerprint density at radius 1 is 1.30 bits per heavy atom. The van der Waals surface area contributed by atoms with Gasteiger partial charge in [0.1, 0.15) is 18.9 Å². The van der Waals surface area contributed by atoms with Crippen molar-refractivity contribution in [2.75, 3.05) is 0 Å². The second-order valence-corrected chi connectivity index (χ2v) is 5.15. The summed E-state index contributed by atoms with van der Waals surface area (Å²) in [6.45, 7) is 3.57. The summed E-state index contributed by atoms with van der Waals surface area (Å²) in [6.07, 6.45) is 1.20. The van der Waals surface area contributed by atoms with E-state index in [0.29, 0.717) is 22.4 Å². The van der Waals surface area contributed by atoms with Crippen molar-refractivity contribution in [1.29, 1.82) is 0 Å². The number of aryl methyl sites for hydroxylation is 2. The molecule has 0 fully saturated rings. The molecular formula is C16H15N3O4. The Hall–Kier alpha value is -2.96. The van der Waals surface area contributed by atoms with Gasteiger partial charge in [0.25, 0.3) is 0 Å². The van der Waals surface area contributed by atoms with Crippen LogP contribution < -0.4 is 5.43 Å². The molecule has 0 aliphatic carbocycles. The highest BCUT2D eigenvalue weighted by atomic mass is 16.5. The average molecular weight is 313 g/mol. The summed E-state index contributed by atoms with van der Waals surface area (Å²) in [4.78, 5) is 23.8. The first-order valence-corrected chi connectivity index (χ1v) is 7.08. The number of esters is 1. The molecule has 0 saturated carbocycles. The third-order valence-electron chi connectivity index (χ3n) is 3.60. The van der Waals surface area contributed by atoms with E-state index in [1.54, 1.807) is 38.1 Å². The second kappa shape index (κ2) is 6.04. The summed E-state index contributed by atoms with van der Waals surface area (Å²) < 4.78 is 11.7. The average Bonchev–Trinajstić information content (AvgIpc) is 2.87. The molecule has 0 aliphatic rings. The maximum absolute atomic E-state index is 12.0. The van der Waals surface area contributed by atoms with Gasteiger partial charge in [0.15, 0.2) is 0 Å². The van der Waals surface area contributed by atoms with Crippen LogP contribution in [-0.2, 0) is 22.7 Å². The zero-order chi connectivity index (χ0) is 16.4. The number of benzene rings is 1. The first-order valence-electron chi connectivity index (χ1n) is 7.08. The van der Waals surface area contributed by atoms with Gasteiger partial charge in [-0.1, -0.05) is 17.3 Å². The van der Waals surface area contributed by atoms with E-state index in [1.807, 2.05) is 0 Å². The minimum absolute atomic E-state index is 0.0792. The number of hydrogen-bond acceptors (Lipinski definition) is 6. The highest BCUT2D eigenvalue weighted by Gasteiger charge is 2.13. The van der Waals surface area contributed by atoms with Gasteiger partial charge < -0.3 is 9.26 Å². The fourth-order valence-corrected chi connectivity index (χ4v) is 2.32. The summed E-state index contributed by atoms with van der Waals surface area (Å²) in [7, 11) is 0. The maximum Gasteiger partial charge on any atom is 0.328 e. The van der Waals surface area contributed by atoms with Crippen LogP contribution in [0.5, 0.6) is 0 Å². The summed E-state index contributed by atoms with van der Waals surface area (Å²) in [6, 6.07) is 7.00. The van der Waals surface area contributed by atoms with Crippen molar-refractivity contribution in [2.24, 2.45) is 0 Å². The lowest BCUT2D eigenvalue weighted by Gasteiger charge is -2.09. The molecule has 0 spiro atoms. The lowest BCUT2D eigenvalue weighted by Crippen LogP contribution is -2.19. The maximum atomic E-state index is 12.0. The standard InChI is InChI=1S/C16H15N3O4/c1-10-13(11(2)23-18-10)9-22-16(21)8-19-14-6-4-3-5-12(14)15(20)7-17-19/h3-7H,8-9H2,1-2H3. The highest BCUT2D eigenvalue weighted by molar-refractivity contribution is 5.79. The van der Waals surface area contributed by atoms with Crippen LogP contribution >= 0.6 is 0 Å². The Morgan fingerprint density at radius 2 is 2.09 bits per heavy atom. The molecule has 2 aromatic heterocycles. The topological polar surface area (TPSA) is 87.2 Å². The van der Waals surface area contributed by atoms with Crippen molar-refractivity contribution < 1.29 is 14.1 Å². The molecular weight excluding hydrogens is 298 g/mol. The summed E-state index contributed by atoms with van der Waals surface area (Å²) in [5.41, 5.74) is 1.87. The summed E-state index contributed by atoms with van der Waals surface area (Å²) in [5.74, 6) is 0.175. The molecule has 3 rings (SSSR count). The predicted molar refractivity (Wildman–Crippen MR) is 81.8 cm³/mol. The van der Waals surface area contributed by atoms with Crippen molar-refractivity contribution in [2.45, 2.75) is 27.0 Å². The Bertz CT molecular complexity index is 907. The van der Waals surface area contributed by atoms with E-state index in [1.165, 1.54) is 10.9 Å². The Balaban J connectivity index is 1.76. The summed E-state index contributed by atoms with van der Waals surface area (Å²) >= 11 is 0. The molecule has 118 valence electrons. The second-order valence-electron chi connectivity index (χ2n) is 5.15. The van der Waals surface area contributed by atoms with Crippen molar-refractivity contribution in [3.05, 3.63) is 57.7 Å². The van der Waals surface area contributed by atoms with Crippen LogP contribution in [0.3, 0.4) is 0 Å². The van der Waals surface area contributed by atoms with E-state index >= 15 is 0 Å². The van der Waals surface area contributed by atoms with Gasteiger partial charge in [0.05, 0.1) is 23.0 Å². The number of carbonyl (C=O) groups excluding carboxylic acids is 1. The zero-order valence-electron chi connectivity index (χ0n) is 12.8. The zero-order valence-corrected chi connectivity index (χ0v) is 12.8. The van der Waals surface area contributed by atoms with Crippen LogP contribution in [-0.4, -0.2) is 20.9 Å². The van der Waals surface area contributed by atoms with Crippen molar-refractivity contribution in [1.82, 2.24) is 14.9 Å². The molecule has 0 bridgehead atoms. The number of ether oxygens (including phenoxy) is 1. The van der Waals surface area contributed by atoms with Crippen LogP contribution in [0.25, 0.3) is 10.9 Å². The van der Waals surface area contributed by atoms with Gasteiger partial charge in [0, 0.05) is 5.39 Å². The van der Waals surface area contributed by atoms with Crippen molar-refractivity contribution in [3.8, 4) is 0 Å². The Morgan fingerprint density at radius 3 is 2.83 bits per heavy atom. The van der Waals surface area contributed by atoms with E-state index in [-0.39, 0.29) is 18.6 Å². The molecule has 0 aliphatic heterocycles. The molecule has 1 aromatic carbocycles. The van der Waals surface area contributed by atoms with Gasteiger partial charge in [0.2, 0.25) is 5.43 Å². The normalized spacial score (nSPS) is 10.9. The SMILES string of the molecule is Cc1noc(C)c1COC(=O)Cn1ncc(=O)c2ccccc21. The van der Waals surface area contributed by atoms with E-state index in [2.05, 4.69) is 10.3 Å². The van der Waals surface area contributed by atoms with E-state index in [0.717, 1.165) is 5.56 Å². The molecule has 3 aromatic rings. The molecule has 23 heavy (non-hydrogen) atoms. The van der Waals surface area contributed by atoms with Gasteiger partial charge in [-0.05, 0) is 26.0 Å². The fraction of sp³-hybridized carbons (Fsp3) is 0.250. The van der Waals surface area contributed by atoms with Gasteiger partial charge in [-0.2, -0.15) is 5.10 Å². The summed E-state index contributed by atoms with van der Waals surface area (Å²) in [5, 5.41) is 8.32. The molecule has 7 nitrogen and oxygen atoms in total. The monoisotopic (exact) mass is 313 g/mol. The van der Waals surface area contributed by atoms with Gasteiger partial charge in [-0.25, -0.2) is 0 Å². The number of rotatable bonds is 4. The quantitative estimate of drug-likeness (QED) is 0.682. The van der Waals surface area contributed by atoms with Crippen LogP contribution in [0, 0.1) is 13.8 Å². The lowest BCUT2D eigenvalue weighted by molar-refractivity contribution is -0.145. The Kier molecular flexibility index (Phi) is 3.92. The molecule has 7 heteroatoms. The first-order chi connectivity index (χ1) is 11.1. The van der Waals surface area contributed by atoms with E-state index in [4.69, 9.17) is 9.26 Å². The number of hydrogen-bond donors (Lipinski definition) is 0. The minimum Gasteiger partial charge on any atom is -0.459 e. The van der Waals surface area contributed by atoms with Crippen molar-refractivity contribution in [3.63, 3.8) is 0 Å². The molecule has 0 saturated heterocycles. The van der Waals surface area contributed by atoms with E-state index < -0.39 is 5.97 Å². The molecule has 0 radical (unpaired) electrons. The molecule has 0 amide bonds. The predicted octanol–water partition coefficient (Wildman–Crippen LogP) is 1.74. The number of carbonyl (C=O) groups is 1. The molecule has 2 heterocycles. The first kappa shape index (κ1) is 15.0. The highest BCUT2D eigenvalue weighted by Crippen LogP contribution is 2.14. The van der Waals surface area contributed by atoms with E-state index in [9.17, 15) is 9.59 Å². The number of fused-ring (bicyclic) bond motifs is 1. The Labute approximate surface area is 131 Å². The van der Waals surface area contributed by atoms with Gasteiger partial charge in [-0.3, -0.25) is 14.3 Å². The lowest BCUT2D eigenvalue weighted by atomic mass is 10.2. The molecule has 0 N–H and O–H groups in total. The van der Waals surface area contributed by atoms with Crippen LogP contribution in [0.4, 0.5) is 0 Å². The smallest absolute Gasteiger partial charge is 0.328 e. The molecule has 0 atom stereocenters. The van der Waals surface area contributed by atoms with Crippen LogP contribution in [0.1, 0.15) is 17.0 Å². The number of nitrogens with zero attached hydrogens (tertiary/aromatic N) is 3.